The Morgan fingerprint density at radius 2 is 1.68 bits per heavy atom. The number of carbonyl (C=O) groups excluding carboxylic acids is 1. The molecule has 0 fully saturated rings. The highest BCUT2D eigenvalue weighted by atomic mass is 35.5. The van der Waals surface area contributed by atoms with Crippen LogP contribution in [0.2, 0.25) is 5.02 Å². The van der Waals surface area contributed by atoms with E-state index in [9.17, 15) is 4.79 Å². The number of pyridine rings is 1. The molecule has 1 aromatic heterocycles. The molecular weight excluding hydrogens is 452 g/mol. The van der Waals surface area contributed by atoms with Crippen LogP contribution in [0.25, 0.3) is 17.0 Å². The minimum Gasteiger partial charge on any atom is -0.496 e. The zero-order valence-corrected chi connectivity index (χ0v) is 19.7. The van der Waals surface area contributed by atoms with Crippen molar-refractivity contribution in [1.29, 1.82) is 0 Å². The first kappa shape index (κ1) is 23.1. The average molecular weight is 475 g/mol. The van der Waals surface area contributed by atoms with Crippen molar-refractivity contribution in [2.75, 3.05) is 26.6 Å². The van der Waals surface area contributed by atoms with Gasteiger partial charge in [0.15, 0.2) is 17.3 Å². The normalized spacial score (nSPS) is 10.9. The van der Waals surface area contributed by atoms with Crippen LogP contribution in [-0.4, -0.2) is 32.1 Å². The van der Waals surface area contributed by atoms with E-state index in [1.54, 1.807) is 57.9 Å². The van der Waals surface area contributed by atoms with Gasteiger partial charge in [-0.15, -0.1) is 0 Å². The molecule has 0 unspecified atom stereocenters. The number of hydrogen-bond acceptors (Lipinski definition) is 6. The Morgan fingerprint density at radius 3 is 2.44 bits per heavy atom. The molecule has 0 saturated carbocycles. The second-order valence-electron chi connectivity index (χ2n) is 7.37. The molecule has 7 heteroatoms. The molecule has 34 heavy (non-hydrogen) atoms. The van der Waals surface area contributed by atoms with Gasteiger partial charge in [0.05, 0.1) is 26.8 Å². The van der Waals surface area contributed by atoms with Crippen LogP contribution in [0.3, 0.4) is 0 Å². The summed E-state index contributed by atoms with van der Waals surface area (Å²) in [6, 6.07) is 18.2. The minimum atomic E-state index is -0.146. The van der Waals surface area contributed by atoms with E-state index in [1.807, 2.05) is 36.4 Å². The molecule has 0 radical (unpaired) electrons. The van der Waals surface area contributed by atoms with Crippen molar-refractivity contribution >= 4 is 45.7 Å². The highest BCUT2D eigenvalue weighted by Crippen LogP contribution is 2.35. The molecule has 0 bridgehead atoms. The molecule has 0 aliphatic carbocycles. The predicted octanol–water partition coefficient (Wildman–Crippen LogP) is 6.55. The number of nitrogens with one attached hydrogen (secondary N) is 1. The zero-order chi connectivity index (χ0) is 24.1. The summed E-state index contributed by atoms with van der Waals surface area (Å²) in [6.45, 7) is 0. The maximum atomic E-state index is 12.9. The number of halogens is 1. The zero-order valence-electron chi connectivity index (χ0n) is 19.0. The highest BCUT2D eigenvalue weighted by Gasteiger charge is 2.11. The fraction of sp³-hybridized carbons (Fsp3) is 0.111. The Morgan fingerprint density at radius 1 is 0.912 bits per heavy atom. The monoisotopic (exact) mass is 474 g/mol. The molecule has 172 valence electrons. The topological polar surface area (TPSA) is 69.7 Å². The number of benzene rings is 3. The number of anilines is 2. The van der Waals surface area contributed by atoms with Crippen LogP contribution in [0.1, 0.15) is 15.9 Å². The van der Waals surface area contributed by atoms with Gasteiger partial charge in [0.2, 0.25) is 0 Å². The SMILES string of the molecule is COc1cc(OC)c(OC)cc1/C=C/C(=O)c1cccc(Nc2ccnc3cc(Cl)ccc23)c1. The molecule has 0 saturated heterocycles. The first-order valence-corrected chi connectivity index (χ1v) is 10.8. The quantitative estimate of drug-likeness (QED) is 0.230. The maximum Gasteiger partial charge on any atom is 0.185 e. The third-order valence-corrected chi connectivity index (χ3v) is 5.52. The number of fused-ring (bicyclic) bond motifs is 1. The van der Waals surface area contributed by atoms with E-state index in [0.29, 0.717) is 33.4 Å². The molecule has 0 atom stereocenters. The number of aromatic nitrogens is 1. The van der Waals surface area contributed by atoms with Crippen molar-refractivity contribution in [2.24, 2.45) is 0 Å². The van der Waals surface area contributed by atoms with Crippen LogP contribution in [0.5, 0.6) is 17.2 Å². The molecular formula is C27H23ClN2O4. The summed E-state index contributed by atoms with van der Waals surface area (Å²) in [5, 5.41) is 4.93. The van der Waals surface area contributed by atoms with Gasteiger partial charge < -0.3 is 19.5 Å². The van der Waals surface area contributed by atoms with Gasteiger partial charge in [-0.3, -0.25) is 9.78 Å². The van der Waals surface area contributed by atoms with Crippen molar-refractivity contribution < 1.29 is 19.0 Å². The van der Waals surface area contributed by atoms with Gasteiger partial charge in [0.25, 0.3) is 0 Å². The molecule has 4 aromatic rings. The first-order valence-electron chi connectivity index (χ1n) is 10.5. The molecule has 0 aliphatic rings. The van der Waals surface area contributed by atoms with E-state index in [0.717, 1.165) is 22.3 Å². The summed E-state index contributed by atoms with van der Waals surface area (Å²) in [5.41, 5.74) is 3.69. The number of carbonyl (C=O) groups is 1. The van der Waals surface area contributed by atoms with Gasteiger partial charge in [-0.05, 0) is 54.6 Å². The Kier molecular flexibility index (Phi) is 6.99. The molecule has 1 N–H and O–H groups in total. The number of methoxy groups -OCH3 is 3. The fourth-order valence-electron chi connectivity index (χ4n) is 3.58. The smallest absolute Gasteiger partial charge is 0.185 e. The average Bonchev–Trinajstić information content (AvgIpc) is 2.86. The first-order chi connectivity index (χ1) is 16.5. The van der Waals surface area contributed by atoms with Gasteiger partial charge in [0, 0.05) is 45.2 Å². The van der Waals surface area contributed by atoms with Crippen LogP contribution in [0.4, 0.5) is 11.4 Å². The van der Waals surface area contributed by atoms with Crippen LogP contribution >= 0.6 is 11.6 Å². The number of ketones is 1. The molecule has 0 aliphatic heterocycles. The van der Waals surface area contributed by atoms with Gasteiger partial charge in [-0.2, -0.15) is 0 Å². The second kappa shape index (κ2) is 10.3. The summed E-state index contributed by atoms with van der Waals surface area (Å²) < 4.78 is 16.1. The van der Waals surface area contributed by atoms with Crippen molar-refractivity contribution in [3.8, 4) is 17.2 Å². The molecule has 0 spiro atoms. The van der Waals surface area contributed by atoms with Crippen LogP contribution in [0, 0.1) is 0 Å². The molecule has 3 aromatic carbocycles. The third kappa shape index (κ3) is 4.97. The van der Waals surface area contributed by atoms with Crippen molar-refractivity contribution in [1.82, 2.24) is 4.98 Å². The van der Waals surface area contributed by atoms with Crippen LogP contribution < -0.4 is 19.5 Å². The van der Waals surface area contributed by atoms with Gasteiger partial charge >= 0.3 is 0 Å². The number of nitrogens with zero attached hydrogens (tertiary/aromatic N) is 1. The minimum absolute atomic E-state index is 0.146. The van der Waals surface area contributed by atoms with E-state index >= 15 is 0 Å². The van der Waals surface area contributed by atoms with Crippen LogP contribution in [0.15, 0.2) is 72.9 Å². The van der Waals surface area contributed by atoms with Gasteiger partial charge in [-0.1, -0.05) is 23.7 Å². The Labute approximate surface area is 202 Å². The Balaban J connectivity index is 1.58. The summed E-state index contributed by atoms with van der Waals surface area (Å²) in [6.07, 6.45) is 4.92. The molecule has 6 nitrogen and oxygen atoms in total. The molecule has 0 amide bonds. The number of hydrogen-bond donors (Lipinski definition) is 1. The highest BCUT2D eigenvalue weighted by molar-refractivity contribution is 6.31. The van der Waals surface area contributed by atoms with Crippen molar-refractivity contribution in [3.05, 3.63) is 89.1 Å². The largest absolute Gasteiger partial charge is 0.496 e. The molecule has 1 heterocycles. The molecule has 4 rings (SSSR count). The second-order valence-corrected chi connectivity index (χ2v) is 7.81. The maximum absolute atomic E-state index is 12.9. The van der Waals surface area contributed by atoms with Crippen molar-refractivity contribution in [2.45, 2.75) is 0 Å². The predicted molar refractivity (Wildman–Crippen MR) is 136 cm³/mol. The lowest BCUT2D eigenvalue weighted by molar-refractivity contribution is 0.104. The van der Waals surface area contributed by atoms with Gasteiger partial charge in [-0.25, -0.2) is 0 Å². The van der Waals surface area contributed by atoms with E-state index < -0.39 is 0 Å². The standard InChI is InChI=1S/C27H23ClN2O4/c1-32-25-16-27(34-3)26(33-2)14-18(25)7-10-24(31)17-5-4-6-20(13-17)30-22-11-12-29-23-15-19(28)8-9-21(22)23/h4-16H,1-3H3,(H,29,30)/b10-7+. The lowest BCUT2D eigenvalue weighted by Crippen LogP contribution is -1.98. The Bertz CT molecular complexity index is 1380. The third-order valence-electron chi connectivity index (χ3n) is 5.28. The van der Waals surface area contributed by atoms with E-state index in [-0.39, 0.29) is 5.78 Å². The Hall–Kier alpha value is -4.03. The fourth-order valence-corrected chi connectivity index (χ4v) is 3.75. The summed E-state index contributed by atoms with van der Waals surface area (Å²) in [5.74, 6) is 1.52. The summed E-state index contributed by atoms with van der Waals surface area (Å²) in [4.78, 5) is 17.3. The number of rotatable bonds is 8. The van der Waals surface area contributed by atoms with E-state index in [4.69, 9.17) is 25.8 Å². The lowest BCUT2D eigenvalue weighted by Gasteiger charge is -2.12. The summed E-state index contributed by atoms with van der Waals surface area (Å²) in [7, 11) is 4.68. The van der Waals surface area contributed by atoms with E-state index in [2.05, 4.69) is 10.3 Å². The number of ether oxygens (including phenoxy) is 3. The van der Waals surface area contributed by atoms with Crippen molar-refractivity contribution in [3.63, 3.8) is 0 Å². The number of allylic oxidation sites excluding steroid dienone is 1. The summed E-state index contributed by atoms with van der Waals surface area (Å²) >= 11 is 6.09. The van der Waals surface area contributed by atoms with Gasteiger partial charge in [0.1, 0.15) is 5.75 Å². The van der Waals surface area contributed by atoms with Crippen LogP contribution in [-0.2, 0) is 0 Å². The van der Waals surface area contributed by atoms with E-state index in [1.165, 1.54) is 6.08 Å². The lowest BCUT2D eigenvalue weighted by atomic mass is 10.1.